The lowest BCUT2D eigenvalue weighted by atomic mass is 10.1. The van der Waals surface area contributed by atoms with Gasteiger partial charge in [-0.2, -0.15) is 0 Å². The van der Waals surface area contributed by atoms with Crippen molar-refractivity contribution >= 4 is 34.4 Å². The van der Waals surface area contributed by atoms with Gasteiger partial charge in [-0.15, -0.1) is 0 Å². The number of nitrogens with zero attached hydrogens (tertiary/aromatic N) is 2. The molecule has 0 bridgehead atoms. The van der Waals surface area contributed by atoms with E-state index in [1.807, 2.05) is 6.92 Å². The number of benzene rings is 1. The molecule has 144 valence electrons. The molecule has 2 aromatic heterocycles. The van der Waals surface area contributed by atoms with Crippen LogP contribution in [0.4, 0.5) is 5.69 Å². The van der Waals surface area contributed by atoms with Crippen LogP contribution in [0.5, 0.6) is 0 Å². The molecule has 0 saturated carbocycles. The lowest BCUT2D eigenvalue weighted by Gasteiger charge is -2.09. The van der Waals surface area contributed by atoms with E-state index >= 15 is 0 Å². The summed E-state index contributed by atoms with van der Waals surface area (Å²) in [5, 5.41) is 12.7. The SMILES string of the molecule is CCc1nc(-c2cccc(NC(=O)CCC(C)=O)c2)c2c(C(=O)O)c[nH]c2n1. The van der Waals surface area contributed by atoms with E-state index in [2.05, 4.69) is 20.3 Å². The number of fused-ring (bicyclic) bond motifs is 1. The summed E-state index contributed by atoms with van der Waals surface area (Å²) in [6.07, 6.45) is 2.28. The molecular formula is C20H20N4O4. The Bertz CT molecular complexity index is 1070. The number of ketones is 1. The number of nitrogens with one attached hydrogen (secondary N) is 2. The van der Waals surface area contributed by atoms with E-state index in [-0.39, 0.29) is 30.1 Å². The first-order chi connectivity index (χ1) is 13.4. The average molecular weight is 380 g/mol. The molecule has 3 rings (SSSR count). The van der Waals surface area contributed by atoms with Gasteiger partial charge in [0, 0.05) is 36.7 Å². The normalized spacial score (nSPS) is 10.8. The van der Waals surface area contributed by atoms with Crippen molar-refractivity contribution in [3.8, 4) is 11.3 Å². The van der Waals surface area contributed by atoms with Crippen LogP contribution in [0.25, 0.3) is 22.3 Å². The van der Waals surface area contributed by atoms with Gasteiger partial charge in [-0.1, -0.05) is 19.1 Å². The standard InChI is InChI=1S/C20H20N4O4/c1-3-15-23-18(17-14(20(27)28)10-21-19(17)24-15)12-5-4-6-13(9-12)22-16(26)8-7-11(2)25/h4-6,9-10H,3,7-8H2,1-2H3,(H,22,26)(H,27,28)(H,21,23,24). The molecule has 0 aliphatic heterocycles. The molecular weight excluding hydrogens is 360 g/mol. The molecule has 0 fully saturated rings. The van der Waals surface area contributed by atoms with E-state index in [1.165, 1.54) is 13.1 Å². The molecule has 1 aromatic carbocycles. The number of carboxylic acid groups (broad SMARTS) is 1. The van der Waals surface area contributed by atoms with E-state index in [0.29, 0.717) is 40.2 Å². The second-order valence-electron chi connectivity index (χ2n) is 6.40. The van der Waals surface area contributed by atoms with Crippen molar-refractivity contribution in [2.24, 2.45) is 0 Å². The molecule has 2 heterocycles. The fourth-order valence-electron chi connectivity index (χ4n) is 2.87. The van der Waals surface area contributed by atoms with Crippen LogP contribution in [-0.2, 0) is 16.0 Å². The first kappa shape index (κ1) is 19.2. The van der Waals surface area contributed by atoms with Gasteiger partial charge in [-0.3, -0.25) is 4.79 Å². The van der Waals surface area contributed by atoms with Crippen LogP contribution < -0.4 is 5.32 Å². The molecule has 8 nitrogen and oxygen atoms in total. The van der Waals surface area contributed by atoms with Gasteiger partial charge in [0.15, 0.2) is 0 Å². The van der Waals surface area contributed by atoms with Gasteiger partial charge in [-0.25, -0.2) is 14.8 Å². The number of amides is 1. The molecule has 0 radical (unpaired) electrons. The van der Waals surface area contributed by atoms with Crippen LogP contribution >= 0.6 is 0 Å². The number of anilines is 1. The highest BCUT2D eigenvalue weighted by molar-refractivity contribution is 6.07. The lowest BCUT2D eigenvalue weighted by Crippen LogP contribution is -2.12. The molecule has 0 aliphatic carbocycles. The Hall–Kier alpha value is -3.55. The fraction of sp³-hybridized carbons (Fsp3) is 0.250. The Kier molecular flexibility index (Phi) is 5.49. The topological polar surface area (TPSA) is 125 Å². The van der Waals surface area contributed by atoms with Gasteiger partial charge in [0.05, 0.1) is 16.6 Å². The summed E-state index contributed by atoms with van der Waals surface area (Å²) in [6.45, 7) is 3.36. The first-order valence-electron chi connectivity index (χ1n) is 8.90. The largest absolute Gasteiger partial charge is 0.478 e. The number of carbonyl (C=O) groups excluding carboxylic acids is 2. The zero-order valence-corrected chi connectivity index (χ0v) is 15.6. The van der Waals surface area contributed by atoms with Crippen molar-refractivity contribution in [1.82, 2.24) is 15.0 Å². The second-order valence-corrected chi connectivity index (χ2v) is 6.40. The summed E-state index contributed by atoms with van der Waals surface area (Å²) in [5.74, 6) is -0.804. The maximum Gasteiger partial charge on any atom is 0.338 e. The van der Waals surface area contributed by atoms with E-state index in [9.17, 15) is 19.5 Å². The van der Waals surface area contributed by atoms with Crippen molar-refractivity contribution in [3.05, 3.63) is 41.9 Å². The van der Waals surface area contributed by atoms with Crippen molar-refractivity contribution in [2.75, 3.05) is 5.32 Å². The molecule has 0 aliphatic rings. The number of hydrogen-bond acceptors (Lipinski definition) is 5. The van der Waals surface area contributed by atoms with Gasteiger partial charge in [0.2, 0.25) is 5.91 Å². The summed E-state index contributed by atoms with van der Waals surface area (Å²) in [4.78, 5) is 46.4. The Morgan fingerprint density at radius 1 is 1.18 bits per heavy atom. The fourth-order valence-corrected chi connectivity index (χ4v) is 2.87. The van der Waals surface area contributed by atoms with Crippen LogP contribution in [0, 0.1) is 0 Å². The average Bonchev–Trinajstić information content (AvgIpc) is 3.10. The number of rotatable bonds is 7. The number of H-pyrrole nitrogens is 1. The van der Waals surface area contributed by atoms with Crippen LogP contribution in [0.2, 0.25) is 0 Å². The highest BCUT2D eigenvalue weighted by Crippen LogP contribution is 2.30. The zero-order valence-electron chi connectivity index (χ0n) is 15.6. The third-order valence-electron chi connectivity index (χ3n) is 4.25. The van der Waals surface area contributed by atoms with Gasteiger partial charge in [0.1, 0.15) is 17.3 Å². The number of aromatic carboxylic acids is 1. The lowest BCUT2D eigenvalue weighted by molar-refractivity contribution is -0.121. The van der Waals surface area contributed by atoms with Crippen molar-refractivity contribution in [2.45, 2.75) is 33.1 Å². The minimum absolute atomic E-state index is 0.0481. The van der Waals surface area contributed by atoms with Gasteiger partial charge in [0.25, 0.3) is 0 Å². The molecule has 3 N–H and O–H groups in total. The molecule has 3 aromatic rings. The summed E-state index contributed by atoms with van der Waals surface area (Å²) in [7, 11) is 0. The van der Waals surface area contributed by atoms with E-state index < -0.39 is 5.97 Å². The molecule has 28 heavy (non-hydrogen) atoms. The third-order valence-corrected chi connectivity index (χ3v) is 4.25. The van der Waals surface area contributed by atoms with Crippen LogP contribution in [-0.4, -0.2) is 37.7 Å². The highest BCUT2D eigenvalue weighted by Gasteiger charge is 2.19. The Balaban J connectivity index is 2.02. The van der Waals surface area contributed by atoms with Crippen molar-refractivity contribution in [1.29, 1.82) is 0 Å². The smallest absolute Gasteiger partial charge is 0.338 e. The molecule has 0 unspecified atom stereocenters. The molecule has 0 atom stereocenters. The van der Waals surface area contributed by atoms with E-state index in [1.54, 1.807) is 24.3 Å². The van der Waals surface area contributed by atoms with Crippen molar-refractivity contribution in [3.63, 3.8) is 0 Å². The summed E-state index contributed by atoms with van der Waals surface area (Å²) < 4.78 is 0. The molecule has 0 saturated heterocycles. The summed E-state index contributed by atoms with van der Waals surface area (Å²) >= 11 is 0. The Labute approximate surface area is 161 Å². The number of carboxylic acids is 1. The number of aromatic nitrogens is 3. The van der Waals surface area contributed by atoms with Crippen LogP contribution in [0.3, 0.4) is 0 Å². The van der Waals surface area contributed by atoms with Crippen molar-refractivity contribution < 1.29 is 19.5 Å². The number of aryl methyl sites for hydroxylation is 1. The number of Topliss-reactive ketones (excluding diaryl/α,β-unsaturated/α-hetero) is 1. The molecule has 0 spiro atoms. The van der Waals surface area contributed by atoms with Gasteiger partial charge < -0.3 is 20.2 Å². The predicted octanol–water partition coefficient (Wildman–Crippen LogP) is 3.19. The minimum Gasteiger partial charge on any atom is -0.478 e. The summed E-state index contributed by atoms with van der Waals surface area (Å²) in [5.41, 5.74) is 2.23. The monoisotopic (exact) mass is 380 g/mol. The number of carbonyl (C=O) groups is 3. The van der Waals surface area contributed by atoms with E-state index in [4.69, 9.17) is 0 Å². The Morgan fingerprint density at radius 3 is 2.64 bits per heavy atom. The van der Waals surface area contributed by atoms with Gasteiger partial charge >= 0.3 is 5.97 Å². The quantitative estimate of drug-likeness (QED) is 0.578. The van der Waals surface area contributed by atoms with E-state index in [0.717, 1.165) is 0 Å². The third kappa shape index (κ3) is 4.06. The molecule has 8 heteroatoms. The Morgan fingerprint density at radius 2 is 1.96 bits per heavy atom. The maximum absolute atomic E-state index is 12.0. The molecule has 1 amide bonds. The van der Waals surface area contributed by atoms with Crippen LogP contribution in [0.15, 0.2) is 30.5 Å². The predicted molar refractivity (Wildman–Crippen MR) is 104 cm³/mol. The van der Waals surface area contributed by atoms with Gasteiger partial charge in [-0.05, 0) is 19.1 Å². The zero-order chi connectivity index (χ0) is 20.3. The first-order valence-corrected chi connectivity index (χ1v) is 8.90. The second kappa shape index (κ2) is 7.99. The summed E-state index contributed by atoms with van der Waals surface area (Å²) in [6, 6.07) is 7.00. The number of hydrogen-bond donors (Lipinski definition) is 3. The number of aromatic amines is 1. The van der Waals surface area contributed by atoms with Crippen LogP contribution in [0.1, 0.15) is 42.9 Å². The highest BCUT2D eigenvalue weighted by atomic mass is 16.4. The maximum atomic E-state index is 12.0. The minimum atomic E-state index is -1.07.